The average molecular weight is 383 g/mol. The van der Waals surface area contributed by atoms with Gasteiger partial charge in [-0.15, -0.1) is 11.3 Å². The van der Waals surface area contributed by atoms with Gasteiger partial charge in [0.1, 0.15) is 23.3 Å². The van der Waals surface area contributed by atoms with Crippen LogP contribution >= 0.6 is 0 Å². The van der Waals surface area contributed by atoms with Gasteiger partial charge in [-0.25, -0.2) is 4.98 Å². The molecule has 1 heterocycles. The molecule has 0 amide bonds. The first kappa shape index (κ1) is 22.5. The lowest BCUT2D eigenvalue weighted by atomic mass is 10.1. The van der Waals surface area contributed by atoms with Crippen LogP contribution in [0.25, 0.3) is 0 Å². The average Bonchev–Trinajstić information content (AvgIpc) is 2.82. The van der Waals surface area contributed by atoms with E-state index >= 15 is 0 Å². The van der Waals surface area contributed by atoms with E-state index in [1.54, 1.807) is 0 Å². The molecular weight excluding hydrogens is 349 g/mol. The molecule has 0 aliphatic heterocycles. The van der Waals surface area contributed by atoms with Crippen molar-refractivity contribution in [2.45, 2.75) is 70.4 Å². The summed E-state index contributed by atoms with van der Waals surface area (Å²) in [5.74, 6) is 0.850. The highest BCUT2D eigenvalue weighted by Gasteiger charge is 2.31. The predicted octanol–water partition coefficient (Wildman–Crippen LogP) is 2.12. The van der Waals surface area contributed by atoms with E-state index in [-0.39, 0.29) is 10.8 Å². The van der Waals surface area contributed by atoms with E-state index in [1.807, 2.05) is 45.5 Å². The third-order valence-corrected chi connectivity index (χ3v) is 6.99. The van der Waals surface area contributed by atoms with E-state index in [0.717, 1.165) is 24.1 Å². The number of nitrogens with one attached hydrogen (secondary N) is 1. The third kappa shape index (κ3) is 8.13. The lowest BCUT2D eigenvalue weighted by Gasteiger charge is -2.27. The Morgan fingerprint density at radius 1 is 1.48 bits per heavy atom. The van der Waals surface area contributed by atoms with Crippen LogP contribution in [0, 0.1) is 0 Å². The summed E-state index contributed by atoms with van der Waals surface area (Å²) < 4.78 is 23.3. The molecule has 2 atom stereocenters. The first-order chi connectivity index (χ1) is 11.4. The number of aromatic nitrogens is 2. The SMILES string of the molecule is Bc1cn(COCC[Si](C)(C)C)c([C@H](CC=C)N[S@@+]([O-])C(C)(C)C)n1. The largest absolute Gasteiger partial charge is 0.598 e. The van der Waals surface area contributed by atoms with Gasteiger partial charge >= 0.3 is 0 Å². The Hall–Kier alpha value is -0.538. The summed E-state index contributed by atoms with van der Waals surface area (Å²) in [4.78, 5) is 4.64. The summed E-state index contributed by atoms with van der Waals surface area (Å²) in [6.45, 7) is 18.0. The minimum Gasteiger partial charge on any atom is -0.598 e. The van der Waals surface area contributed by atoms with Gasteiger partial charge in [0.15, 0.2) is 7.85 Å². The van der Waals surface area contributed by atoms with Gasteiger partial charge in [-0.05, 0) is 33.2 Å². The standard InChI is InChI=1S/C17H34BN3O2SSi/c1-8-9-14(20-24(22)17(2,3)4)16-19-15(18)12-21(16)13-23-10-11-25(5,6)7/h8,12,14,20H,1,9-11,13,18H2,2-7H3/t14-,24-/m0/s1. The van der Waals surface area contributed by atoms with Crippen LogP contribution in [0.2, 0.25) is 25.7 Å². The lowest BCUT2D eigenvalue weighted by Crippen LogP contribution is -2.42. The van der Waals surface area contributed by atoms with Crippen molar-refractivity contribution in [1.29, 1.82) is 0 Å². The molecule has 0 aliphatic rings. The minimum atomic E-state index is -1.17. The number of imidazole rings is 1. The lowest BCUT2D eigenvalue weighted by molar-refractivity contribution is 0.0841. The molecule has 0 spiro atoms. The molecule has 1 aromatic rings. The van der Waals surface area contributed by atoms with Crippen molar-refractivity contribution in [2.24, 2.45) is 0 Å². The number of hydrogen-bond acceptors (Lipinski definition) is 4. The number of ether oxygens (including phenoxy) is 1. The zero-order valence-electron chi connectivity index (χ0n) is 16.9. The van der Waals surface area contributed by atoms with Gasteiger partial charge in [0.25, 0.3) is 0 Å². The number of nitrogens with zero attached hydrogens (tertiary/aromatic N) is 2. The van der Waals surface area contributed by atoms with E-state index in [4.69, 9.17) is 4.74 Å². The Morgan fingerprint density at radius 2 is 2.12 bits per heavy atom. The first-order valence-electron chi connectivity index (χ1n) is 8.84. The molecule has 25 heavy (non-hydrogen) atoms. The maximum Gasteiger partial charge on any atom is 0.166 e. The summed E-state index contributed by atoms with van der Waals surface area (Å²) in [5, 5.41) is 0. The Morgan fingerprint density at radius 3 is 2.64 bits per heavy atom. The van der Waals surface area contributed by atoms with Gasteiger partial charge in [0, 0.05) is 37.8 Å². The predicted molar refractivity (Wildman–Crippen MR) is 113 cm³/mol. The summed E-state index contributed by atoms with van der Waals surface area (Å²) >= 11 is -1.17. The second-order valence-electron chi connectivity index (χ2n) is 8.63. The molecule has 0 saturated carbocycles. The van der Waals surface area contributed by atoms with Gasteiger partial charge in [-0.1, -0.05) is 25.7 Å². The Labute approximate surface area is 158 Å². The number of hydrogen-bond donors (Lipinski definition) is 1. The van der Waals surface area contributed by atoms with Crippen molar-refractivity contribution in [3.63, 3.8) is 0 Å². The molecule has 0 saturated heterocycles. The first-order valence-corrected chi connectivity index (χ1v) is 13.7. The van der Waals surface area contributed by atoms with Crippen LogP contribution in [-0.4, -0.2) is 41.4 Å². The maximum atomic E-state index is 12.5. The Kier molecular flexibility index (Phi) is 8.47. The van der Waals surface area contributed by atoms with Crippen LogP contribution in [-0.2, 0) is 22.8 Å². The van der Waals surface area contributed by atoms with Crippen LogP contribution in [0.5, 0.6) is 0 Å². The topological polar surface area (TPSA) is 62.1 Å². The smallest absolute Gasteiger partial charge is 0.166 e. The molecular formula is C17H34BN3O2SSi. The second-order valence-corrected chi connectivity index (χ2v) is 16.3. The van der Waals surface area contributed by atoms with Crippen LogP contribution in [0.4, 0.5) is 0 Å². The molecule has 1 aromatic heterocycles. The second kappa shape index (κ2) is 9.41. The van der Waals surface area contributed by atoms with Crippen LogP contribution in [0.15, 0.2) is 18.9 Å². The fourth-order valence-electron chi connectivity index (χ4n) is 2.17. The molecule has 0 radical (unpaired) electrons. The van der Waals surface area contributed by atoms with Crippen molar-refractivity contribution < 1.29 is 9.29 Å². The molecule has 0 unspecified atom stereocenters. The van der Waals surface area contributed by atoms with Crippen molar-refractivity contribution in [1.82, 2.24) is 14.3 Å². The Bertz CT molecular complexity index is 555. The van der Waals surface area contributed by atoms with Crippen molar-refractivity contribution >= 4 is 32.9 Å². The van der Waals surface area contributed by atoms with Gasteiger partial charge in [-0.3, -0.25) is 0 Å². The maximum absolute atomic E-state index is 12.5. The van der Waals surface area contributed by atoms with E-state index < -0.39 is 19.4 Å². The molecule has 1 rings (SSSR count). The van der Waals surface area contributed by atoms with Crippen LogP contribution < -0.4 is 10.3 Å². The molecule has 142 valence electrons. The highest BCUT2D eigenvalue weighted by Crippen LogP contribution is 2.21. The van der Waals surface area contributed by atoms with E-state index in [0.29, 0.717) is 13.2 Å². The molecule has 0 bridgehead atoms. The molecule has 0 aliphatic carbocycles. The molecule has 0 fully saturated rings. The van der Waals surface area contributed by atoms with Crippen molar-refractivity contribution in [2.75, 3.05) is 6.61 Å². The van der Waals surface area contributed by atoms with Crippen molar-refractivity contribution in [3.8, 4) is 0 Å². The third-order valence-electron chi connectivity index (χ3n) is 3.67. The van der Waals surface area contributed by atoms with Crippen molar-refractivity contribution in [3.05, 3.63) is 24.7 Å². The van der Waals surface area contributed by atoms with E-state index in [2.05, 4.69) is 35.9 Å². The fraction of sp³-hybridized carbons (Fsp3) is 0.706. The van der Waals surface area contributed by atoms with Gasteiger partial charge in [0.05, 0.1) is 0 Å². The summed E-state index contributed by atoms with van der Waals surface area (Å²) in [6, 6.07) is 0.991. The van der Waals surface area contributed by atoms with Crippen LogP contribution in [0.1, 0.15) is 39.1 Å². The minimum absolute atomic E-state index is 0.146. The van der Waals surface area contributed by atoms with Crippen LogP contribution in [0.3, 0.4) is 0 Å². The van der Waals surface area contributed by atoms with E-state index in [9.17, 15) is 4.55 Å². The fourth-order valence-corrected chi connectivity index (χ4v) is 3.74. The zero-order chi connectivity index (χ0) is 19.3. The molecule has 8 heteroatoms. The van der Waals surface area contributed by atoms with Gasteiger partial charge in [-0.2, -0.15) is 0 Å². The molecule has 1 N–H and O–H groups in total. The normalized spacial score (nSPS) is 15.2. The Balaban J connectivity index is 2.83. The molecule has 5 nitrogen and oxygen atoms in total. The molecule has 0 aromatic carbocycles. The highest BCUT2D eigenvalue weighted by atomic mass is 32.2. The number of rotatable bonds is 10. The highest BCUT2D eigenvalue weighted by molar-refractivity contribution is 7.90. The van der Waals surface area contributed by atoms with E-state index in [1.165, 1.54) is 0 Å². The zero-order valence-corrected chi connectivity index (χ0v) is 18.7. The monoisotopic (exact) mass is 383 g/mol. The summed E-state index contributed by atoms with van der Waals surface area (Å²) in [6.07, 6.45) is 4.48. The quantitative estimate of drug-likeness (QED) is 0.291. The van der Waals surface area contributed by atoms with Gasteiger partial charge < -0.3 is 13.9 Å². The summed E-state index contributed by atoms with van der Waals surface area (Å²) in [5.41, 5.74) is 0.932. The van der Waals surface area contributed by atoms with Gasteiger partial charge in [0.2, 0.25) is 0 Å². The summed E-state index contributed by atoms with van der Waals surface area (Å²) in [7, 11) is 0.869.